The number of benzene rings is 1. The Morgan fingerprint density at radius 3 is 2.44 bits per heavy atom. The number of carbonyl (C=O) groups excluding carboxylic acids is 3. The second kappa shape index (κ2) is 13.3. The fourth-order valence-electron chi connectivity index (χ4n) is 3.20. The van der Waals surface area contributed by atoms with Crippen LogP contribution in [0.3, 0.4) is 0 Å². The highest BCUT2D eigenvalue weighted by Crippen LogP contribution is 2.31. The lowest BCUT2D eigenvalue weighted by molar-refractivity contribution is -0.161. The van der Waals surface area contributed by atoms with Crippen LogP contribution in [0.4, 0.5) is 0 Å². The zero-order valence-corrected chi connectivity index (χ0v) is 20.0. The zero-order valence-electron chi connectivity index (χ0n) is 20.0. The van der Waals surface area contributed by atoms with Gasteiger partial charge < -0.3 is 18.9 Å². The number of rotatable bonds is 13. The molecule has 0 unspecified atom stereocenters. The summed E-state index contributed by atoms with van der Waals surface area (Å²) in [6.07, 6.45) is 2.44. The van der Waals surface area contributed by atoms with Crippen LogP contribution in [0.2, 0.25) is 0 Å². The van der Waals surface area contributed by atoms with Crippen LogP contribution in [0.15, 0.2) is 55.3 Å². The highest BCUT2D eigenvalue weighted by molar-refractivity contribution is 5.99. The molecule has 0 amide bonds. The smallest absolute Gasteiger partial charge is 0.309 e. The first-order valence-electron chi connectivity index (χ1n) is 11.0. The first kappa shape index (κ1) is 26.7. The van der Waals surface area contributed by atoms with E-state index in [2.05, 4.69) is 11.6 Å². The third kappa shape index (κ3) is 7.81. The number of Topliss-reactive ketones (excluding diaryl/α,β-unsaturated/α-hetero) is 1. The molecule has 0 fully saturated rings. The second-order valence-electron chi connectivity index (χ2n) is 7.81. The molecule has 0 radical (unpaired) electrons. The van der Waals surface area contributed by atoms with Crippen LogP contribution in [-0.4, -0.2) is 42.0 Å². The molecule has 0 bridgehead atoms. The average Bonchev–Trinajstić information content (AvgIpc) is 2.81. The van der Waals surface area contributed by atoms with Crippen LogP contribution < -0.4 is 9.47 Å². The zero-order chi connectivity index (χ0) is 25.1. The van der Waals surface area contributed by atoms with Crippen LogP contribution in [0.1, 0.15) is 49.7 Å². The largest absolute Gasteiger partial charge is 0.493 e. The Labute approximate surface area is 199 Å². The Morgan fingerprint density at radius 2 is 1.82 bits per heavy atom. The Morgan fingerprint density at radius 1 is 1.12 bits per heavy atom. The number of carbonyl (C=O) groups is 3. The Bertz CT molecular complexity index is 990. The van der Waals surface area contributed by atoms with Gasteiger partial charge in [0.1, 0.15) is 6.10 Å². The van der Waals surface area contributed by atoms with Gasteiger partial charge in [0.2, 0.25) is 5.75 Å². The molecule has 0 aliphatic rings. The third-order valence-corrected chi connectivity index (χ3v) is 5.02. The van der Waals surface area contributed by atoms with Crippen molar-refractivity contribution in [2.24, 2.45) is 5.92 Å². The van der Waals surface area contributed by atoms with Crippen LogP contribution >= 0.6 is 0 Å². The van der Waals surface area contributed by atoms with E-state index >= 15 is 0 Å². The predicted molar refractivity (Wildman–Crippen MR) is 126 cm³/mol. The number of esters is 2. The topological polar surface area (TPSA) is 101 Å². The molecule has 182 valence electrons. The van der Waals surface area contributed by atoms with Gasteiger partial charge >= 0.3 is 11.9 Å². The lowest BCUT2D eigenvalue weighted by atomic mass is 10.0. The molecule has 0 saturated heterocycles. The fraction of sp³-hybridized carbons (Fsp3) is 0.385. The number of ketones is 1. The van der Waals surface area contributed by atoms with Crippen molar-refractivity contribution < 1.29 is 33.3 Å². The minimum Gasteiger partial charge on any atom is -0.493 e. The highest BCUT2D eigenvalue weighted by atomic mass is 16.6. The monoisotopic (exact) mass is 469 g/mol. The van der Waals surface area contributed by atoms with Gasteiger partial charge in [-0.15, -0.1) is 6.58 Å². The Hall–Kier alpha value is -3.52. The van der Waals surface area contributed by atoms with E-state index < -0.39 is 29.7 Å². The Balaban J connectivity index is 2.02. The predicted octanol–water partition coefficient (Wildman–Crippen LogP) is 4.32. The van der Waals surface area contributed by atoms with Gasteiger partial charge in [0, 0.05) is 25.6 Å². The van der Waals surface area contributed by atoms with E-state index in [1.807, 2.05) is 30.3 Å². The average molecular weight is 470 g/mol. The van der Waals surface area contributed by atoms with Crippen LogP contribution in [-0.2, 0) is 25.7 Å². The maximum Gasteiger partial charge on any atom is 0.309 e. The molecule has 1 heterocycles. The number of pyridine rings is 1. The summed E-state index contributed by atoms with van der Waals surface area (Å²) < 4.78 is 21.8. The minimum atomic E-state index is -0.758. The normalized spacial score (nSPS) is 13.3. The summed E-state index contributed by atoms with van der Waals surface area (Å²) in [5.41, 5.74) is 0.918. The summed E-state index contributed by atoms with van der Waals surface area (Å²) in [7, 11) is 1.39. The SMILES string of the molecule is C=CC[C@@H](OCc1ccccc1)[C@H](C)OC(=O)[C@H](C)CC(=O)c1nccc(OC)c1OC(C)=O. The van der Waals surface area contributed by atoms with Crippen molar-refractivity contribution in [1.29, 1.82) is 0 Å². The second-order valence-corrected chi connectivity index (χ2v) is 7.81. The standard InChI is InChI=1S/C26H31NO7/c1-6-10-22(32-16-20-11-8-7-9-12-20)18(3)33-26(30)17(2)15-21(29)24-25(34-19(4)28)23(31-5)13-14-27-24/h6-9,11-14,17-18,22H,1,10,15-16H2,2-5H3/t17-,18+,22-/m1/s1. The highest BCUT2D eigenvalue weighted by Gasteiger charge is 2.28. The van der Waals surface area contributed by atoms with E-state index in [1.165, 1.54) is 26.3 Å². The number of methoxy groups -OCH3 is 1. The van der Waals surface area contributed by atoms with E-state index in [9.17, 15) is 14.4 Å². The van der Waals surface area contributed by atoms with Crippen molar-refractivity contribution in [1.82, 2.24) is 4.98 Å². The molecular weight excluding hydrogens is 438 g/mol. The fourth-order valence-corrected chi connectivity index (χ4v) is 3.20. The lowest BCUT2D eigenvalue weighted by Gasteiger charge is -2.25. The maximum atomic E-state index is 12.9. The molecule has 1 aromatic carbocycles. The van der Waals surface area contributed by atoms with Crippen molar-refractivity contribution in [3.63, 3.8) is 0 Å². The summed E-state index contributed by atoms with van der Waals surface area (Å²) in [4.78, 5) is 41.0. The van der Waals surface area contributed by atoms with Crippen molar-refractivity contribution in [2.45, 2.75) is 52.4 Å². The van der Waals surface area contributed by atoms with Gasteiger partial charge in [0.25, 0.3) is 0 Å². The number of hydrogen-bond acceptors (Lipinski definition) is 8. The summed E-state index contributed by atoms with van der Waals surface area (Å²) >= 11 is 0. The van der Waals surface area contributed by atoms with Gasteiger partial charge in [-0.1, -0.05) is 43.3 Å². The quantitative estimate of drug-likeness (QED) is 0.243. The molecule has 2 aromatic rings. The van der Waals surface area contributed by atoms with Crippen molar-refractivity contribution in [3.05, 3.63) is 66.5 Å². The first-order valence-corrected chi connectivity index (χ1v) is 11.0. The van der Waals surface area contributed by atoms with Crippen molar-refractivity contribution >= 4 is 17.7 Å². The van der Waals surface area contributed by atoms with E-state index in [0.29, 0.717) is 13.0 Å². The summed E-state index contributed by atoms with van der Waals surface area (Å²) in [5, 5.41) is 0. The molecule has 34 heavy (non-hydrogen) atoms. The molecular formula is C26H31NO7. The third-order valence-electron chi connectivity index (χ3n) is 5.02. The molecule has 0 aliphatic heterocycles. The molecule has 0 aliphatic carbocycles. The van der Waals surface area contributed by atoms with Crippen molar-refractivity contribution in [2.75, 3.05) is 7.11 Å². The van der Waals surface area contributed by atoms with Gasteiger partial charge in [-0.25, -0.2) is 4.98 Å². The summed E-state index contributed by atoms with van der Waals surface area (Å²) in [6, 6.07) is 11.1. The van der Waals surface area contributed by atoms with Gasteiger partial charge in [-0.3, -0.25) is 14.4 Å². The van der Waals surface area contributed by atoms with E-state index in [-0.39, 0.29) is 29.7 Å². The van der Waals surface area contributed by atoms with E-state index in [4.69, 9.17) is 18.9 Å². The molecule has 0 N–H and O–H groups in total. The van der Waals surface area contributed by atoms with Gasteiger partial charge in [0.05, 0.1) is 25.7 Å². The molecule has 0 spiro atoms. The first-order chi connectivity index (χ1) is 16.3. The van der Waals surface area contributed by atoms with Gasteiger partial charge in [-0.05, 0) is 18.9 Å². The lowest BCUT2D eigenvalue weighted by Crippen LogP contribution is -2.33. The minimum absolute atomic E-state index is 0.0724. The molecule has 3 atom stereocenters. The van der Waals surface area contributed by atoms with Gasteiger partial charge in [0.15, 0.2) is 17.2 Å². The molecule has 2 rings (SSSR count). The van der Waals surface area contributed by atoms with E-state index in [0.717, 1.165) is 5.56 Å². The number of aromatic nitrogens is 1. The number of hydrogen-bond donors (Lipinski definition) is 0. The van der Waals surface area contributed by atoms with Gasteiger partial charge in [-0.2, -0.15) is 0 Å². The summed E-state index contributed by atoms with van der Waals surface area (Å²) in [6.45, 7) is 8.66. The molecule has 0 saturated carbocycles. The molecule has 8 heteroatoms. The molecule has 1 aromatic heterocycles. The van der Waals surface area contributed by atoms with Crippen LogP contribution in [0, 0.1) is 5.92 Å². The summed E-state index contributed by atoms with van der Waals surface area (Å²) in [5.74, 6) is -2.28. The maximum absolute atomic E-state index is 12.9. The number of ether oxygens (including phenoxy) is 4. The van der Waals surface area contributed by atoms with Crippen molar-refractivity contribution in [3.8, 4) is 11.5 Å². The Kier molecular flexibility index (Phi) is 10.4. The molecule has 8 nitrogen and oxygen atoms in total. The van der Waals surface area contributed by atoms with Crippen LogP contribution in [0.25, 0.3) is 0 Å². The number of nitrogens with zero attached hydrogens (tertiary/aromatic N) is 1. The van der Waals surface area contributed by atoms with E-state index in [1.54, 1.807) is 19.9 Å². The van der Waals surface area contributed by atoms with Crippen LogP contribution in [0.5, 0.6) is 11.5 Å².